The highest BCUT2D eigenvalue weighted by atomic mass is 16.1. The lowest BCUT2D eigenvalue weighted by molar-refractivity contribution is 0.101. The van der Waals surface area contributed by atoms with Gasteiger partial charge in [0.05, 0.1) is 5.52 Å². The number of para-hydroxylation sites is 1. The Balaban J connectivity index is 1.76. The molecule has 3 rings (SSSR count). The lowest BCUT2D eigenvalue weighted by atomic mass is 9.80. The summed E-state index contributed by atoms with van der Waals surface area (Å²) in [6.45, 7) is 13.5. The predicted octanol–water partition coefficient (Wildman–Crippen LogP) is 4.51. The van der Waals surface area contributed by atoms with Crippen molar-refractivity contribution >= 4 is 16.7 Å². The first-order valence-corrected chi connectivity index (χ1v) is 9.05. The van der Waals surface area contributed by atoms with Crippen molar-refractivity contribution in [2.24, 2.45) is 11.8 Å². The number of piperidine rings is 1. The number of likely N-dealkylation sites (tertiary alicyclic amines) is 1. The largest absolute Gasteiger partial charge is 0.303 e. The Morgan fingerprint density at radius 2 is 2.16 bits per heavy atom. The number of allylic oxidation sites excluding steroid dienone is 1. The van der Waals surface area contributed by atoms with E-state index >= 15 is 0 Å². The van der Waals surface area contributed by atoms with Gasteiger partial charge in [-0.2, -0.15) is 0 Å². The number of pyridine rings is 1. The Labute approximate surface area is 150 Å². The molecular weight excluding hydrogens is 308 g/mol. The van der Waals surface area contributed by atoms with Crippen molar-refractivity contribution in [1.82, 2.24) is 9.88 Å². The van der Waals surface area contributed by atoms with Gasteiger partial charge < -0.3 is 4.90 Å². The minimum Gasteiger partial charge on any atom is -0.303 e. The number of rotatable bonds is 6. The van der Waals surface area contributed by atoms with Crippen molar-refractivity contribution in [1.29, 1.82) is 0 Å². The molecule has 0 spiro atoms. The van der Waals surface area contributed by atoms with Crippen molar-refractivity contribution in [3.63, 3.8) is 0 Å². The number of benzene rings is 1. The molecule has 3 nitrogen and oxygen atoms in total. The van der Waals surface area contributed by atoms with Crippen LogP contribution in [0.5, 0.6) is 0 Å². The molecule has 0 saturated carbocycles. The lowest BCUT2D eigenvalue weighted by Gasteiger charge is -2.37. The normalized spacial score (nSPS) is 21.2. The molecule has 1 aromatic carbocycles. The predicted molar refractivity (Wildman–Crippen MR) is 104 cm³/mol. The monoisotopic (exact) mass is 334 g/mol. The summed E-state index contributed by atoms with van der Waals surface area (Å²) in [5.74, 6) is 0.914. The molecule has 1 aliphatic heterocycles. The van der Waals surface area contributed by atoms with E-state index in [1.807, 2.05) is 30.3 Å². The van der Waals surface area contributed by atoms with E-state index in [0.29, 0.717) is 23.0 Å². The number of Topliss-reactive ketones (excluding diaryl/α,β-unsaturated/α-hetero) is 1. The minimum atomic E-state index is 0.0410. The van der Waals surface area contributed by atoms with Gasteiger partial charge >= 0.3 is 0 Å². The van der Waals surface area contributed by atoms with Gasteiger partial charge in [0.1, 0.15) is 0 Å². The van der Waals surface area contributed by atoms with Crippen molar-refractivity contribution in [2.75, 3.05) is 19.6 Å². The molecule has 2 heterocycles. The first-order valence-electron chi connectivity index (χ1n) is 9.05. The number of carbonyl (C=O) groups excluding carboxylic acids is 1. The highest BCUT2D eigenvalue weighted by Gasteiger charge is 2.28. The maximum absolute atomic E-state index is 13.0. The van der Waals surface area contributed by atoms with Crippen molar-refractivity contribution in [3.8, 4) is 0 Å². The van der Waals surface area contributed by atoms with Crippen LogP contribution in [0.4, 0.5) is 0 Å². The number of carbonyl (C=O) groups is 1. The molecule has 0 N–H and O–H groups in total. The fourth-order valence-corrected chi connectivity index (χ4v) is 3.80. The van der Waals surface area contributed by atoms with Gasteiger partial charge in [-0.15, -0.1) is 6.58 Å². The summed E-state index contributed by atoms with van der Waals surface area (Å²) in [7, 11) is 0. The molecule has 1 aromatic heterocycles. The number of aromatic nitrogens is 1. The van der Waals surface area contributed by atoms with Gasteiger partial charge in [-0.25, -0.2) is 0 Å². The SMILES string of the molecule is C=CC1CN(CC)CCC1CC(=C)C(=O)c1ccnc2ccccc12. The zero-order chi connectivity index (χ0) is 17.8. The first kappa shape index (κ1) is 17.6. The molecule has 1 saturated heterocycles. The highest BCUT2D eigenvalue weighted by Crippen LogP contribution is 2.31. The van der Waals surface area contributed by atoms with Crippen LogP contribution in [-0.4, -0.2) is 35.3 Å². The summed E-state index contributed by atoms with van der Waals surface area (Å²) in [4.78, 5) is 19.8. The number of hydrogen-bond donors (Lipinski definition) is 0. The van der Waals surface area contributed by atoms with Crippen LogP contribution in [0.2, 0.25) is 0 Å². The summed E-state index contributed by atoms with van der Waals surface area (Å²) in [5, 5.41) is 0.900. The van der Waals surface area contributed by atoms with E-state index in [1.54, 1.807) is 12.3 Å². The molecule has 0 radical (unpaired) electrons. The van der Waals surface area contributed by atoms with E-state index in [4.69, 9.17) is 0 Å². The van der Waals surface area contributed by atoms with Crippen LogP contribution in [0.25, 0.3) is 10.9 Å². The van der Waals surface area contributed by atoms with E-state index in [-0.39, 0.29) is 5.78 Å². The second-order valence-corrected chi connectivity index (χ2v) is 6.85. The average Bonchev–Trinajstić information content (AvgIpc) is 2.67. The number of hydrogen-bond acceptors (Lipinski definition) is 3. The molecule has 2 unspecified atom stereocenters. The molecule has 2 atom stereocenters. The van der Waals surface area contributed by atoms with Crippen LogP contribution in [-0.2, 0) is 0 Å². The van der Waals surface area contributed by atoms with Crippen LogP contribution in [0.15, 0.2) is 61.3 Å². The molecular formula is C22H26N2O. The van der Waals surface area contributed by atoms with Gasteiger partial charge in [-0.3, -0.25) is 9.78 Å². The standard InChI is InChI=1S/C22H26N2O/c1-4-17-15-24(5-2)13-11-18(17)14-16(3)22(25)20-10-12-23-21-9-7-6-8-19(20)21/h4,6-10,12,17-18H,1,3,5,11,13-15H2,2H3. The molecule has 1 aliphatic rings. The maximum atomic E-state index is 13.0. The second-order valence-electron chi connectivity index (χ2n) is 6.85. The molecule has 1 fully saturated rings. The molecule has 3 heteroatoms. The van der Waals surface area contributed by atoms with Gasteiger partial charge in [0.25, 0.3) is 0 Å². The summed E-state index contributed by atoms with van der Waals surface area (Å²) in [5.41, 5.74) is 2.25. The fourth-order valence-electron chi connectivity index (χ4n) is 3.80. The Kier molecular flexibility index (Phi) is 5.44. The Morgan fingerprint density at radius 3 is 2.92 bits per heavy atom. The highest BCUT2D eigenvalue weighted by molar-refractivity contribution is 6.15. The summed E-state index contributed by atoms with van der Waals surface area (Å²) in [6, 6.07) is 9.57. The minimum absolute atomic E-state index is 0.0410. The van der Waals surface area contributed by atoms with Gasteiger partial charge in [0, 0.05) is 23.7 Å². The smallest absolute Gasteiger partial charge is 0.189 e. The molecule has 2 aromatic rings. The topological polar surface area (TPSA) is 33.2 Å². The lowest BCUT2D eigenvalue weighted by Crippen LogP contribution is -2.39. The van der Waals surface area contributed by atoms with E-state index in [9.17, 15) is 4.79 Å². The molecule has 0 amide bonds. The Bertz CT molecular complexity index is 790. The summed E-state index contributed by atoms with van der Waals surface area (Å²) >= 11 is 0. The van der Waals surface area contributed by atoms with Crippen molar-refractivity contribution in [3.05, 3.63) is 66.9 Å². The van der Waals surface area contributed by atoms with Crippen LogP contribution < -0.4 is 0 Å². The van der Waals surface area contributed by atoms with Gasteiger partial charge in [0.2, 0.25) is 0 Å². The van der Waals surface area contributed by atoms with Crippen molar-refractivity contribution < 1.29 is 4.79 Å². The summed E-state index contributed by atoms with van der Waals surface area (Å²) in [6.07, 6.45) is 5.58. The van der Waals surface area contributed by atoms with E-state index < -0.39 is 0 Å². The van der Waals surface area contributed by atoms with E-state index in [0.717, 1.165) is 43.4 Å². The van der Waals surface area contributed by atoms with E-state index in [2.05, 4.69) is 30.0 Å². The van der Waals surface area contributed by atoms with Gasteiger partial charge in [0.15, 0.2) is 5.78 Å². The first-order chi connectivity index (χ1) is 12.1. The number of nitrogens with zero attached hydrogens (tertiary/aromatic N) is 2. The van der Waals surface area contributed by atoms with Crippen LogP contribution >= 0.6 is 0 Å². The van der Waals surface area contributed by atoms with Gasteiger partial charge in [-0.05, 0) is 55.5 Å². The van der Waals surface area contributed by atoms with Gasteiger partial charge in [-0.1, -0.05) is 37.8 Å². The molecule has 0 aliphatic carbocycles. The average molecular weight is 334 g/mol. The second kappa shape index (κ2) is 7.75. The van der Waals surface area contributed by atoms with E-state index in [1.165, 1.54) is 0 Å². The molecule has 130 valence electrons. The van der Waals surface area contributed by atoms with Crippen LogP contribution in [0.1, 0.15) is 30.1 Å². The number of fused-ring (bicyclic) bond motifs is 1. The summed E-state index contributed by atoms with van der Waals surface area (Å²) < 4.78 is 0. The zero-order valence-electron chi connectivity index (χ0n) is 14.9. The fraction of sp³-hybridized carbons (Fsp3) is 0.364. The molecule has 0 bridgehead atoms. The number of ketones is 1. The third-order valence-corrected chi connectivity index (χ3v) is 5.36. The molecule has 25 heavy (non-hydrogen) atoms. The third kappa shape index (κ3) is 3.72. The van der Waals surface area contributed by atoms with Crippen LogP contribution in [0.3, 0.4) is 0 Å². The van der Waals surface area contributed by atoms with Crippen LogP contribution in [0, 0.1) is 11.8 Å². The quantitative estimate of drug-likeness (QED) is 0.443. The zero-order valence-corrected chi connectivity index (χ0v) is 14.9. The Hall–Kier alpha value is -2.26. The van der Waals surface area contributed by atoms with Crippen molar-refractivity contribution in [2.45, 2.75) is 19.8 Å². The Morgan fingerprint density at radius 1 is 1.36 bits per heavy atom. The maximum Gasteiger partial charge on any atom is 0.189 e. The third-order valence-electron chi connectivity index (χ3n) is 5.36.